The fourth-order valence-electron chi connectivity index (χ4n) is 3.10. The van der Waals surface area contributed by atoms with Crippen LogP contribution in [0.1, 0.15) is 39.2 Å². The van der Waals surface area contributed by atoms with Gasteiger partial charge in [-0.1, -0.05) is 15.9 Å². The first-order valence-corrected chi connectivity index (χ1v) is 10.3. The molecule has 1 amide bonds. The fraction of sp³-hybridized carbons (Fsp3) is 0.650. The summed E-state index contributed by atoms with van der Waals surface area (Å²) in [5.41, 5.74) is 0.391. The van der Waals surface area contributed by atoms with Gasteiger partial charge in [0.1, 0.15) is 18.0 Å². The molecule has 1 aromatic carbocycles. The predicted octanol–water partition coefficient (Wildman–Crippen LogP) is 4.83. The molecule has 1 fully saturated rings. The van der Waals surface area contributed by atoms with Gasteiger partial charge in [-0.25, -0.2) is 13.6 Å². The number of amides is 1. The largest absolute Gasteiger partial charge is 0.487 e. The molecule has 8 heteroatoms. The van der Waals surface area contributed by atoms with E-state index in [-0.39, 0.29) is 6.09 Å². The number of hydrogen-bond acceptors (Lipinski definition) is 4. The third-order valence-corrected chi connectivity index (χ3v) is 4.92. The molecule has 0 unspecified atom stereocenters. The van der Waals surface area contributed by atoms with Crippen LogP contribution < -0.4 is 10.1 Å². The second kappa shape index (κ2) is 10.4. The minimum atomic E-state index is -2.50. The maximum atomic E-state index is 12.5. The van der Waals surface area contributed by atoms with Gasteiger partial charge < -0.3 is 14.8 Å². The number of alkyl halides is 2. The van der Waals surface area contributed by atoms with E-state index < -0.39 is 18.6 Å². The highest BCUT2D eigenvalue weighted by Crippen LogP contribution is 2.27. The number of alkyl carbamates (subject to hydrolysis) is 1. The Bertz CT molecular complexity index is 645. The Kier molecular flexibility index (Phi) is 8.49. The average Bonchev–Trinajstić information content (AvgIpc) is 2.59. The molecule has 0 saturated carbocycles. The lowest BCUT2D eigenvalue weighted by Gasteiger charge is -2.32. The van der Waals surface area contributed by atoms with Gasteiger partial charge in [-0.05, 0) is 70.8 Å². The standard InChI is InChI=1S/C20H29BrF2N2O3/c1-20(2,3)28-19(26)24-11-14-6-8-25(9-7-14)12-15-10-16(21)4-5-17(15)27-13-18(22)23/h4-5,10,14,18H,6-9,11-13H2,1-3H3,(H,24,26). The lowest BCUT2D eigenvalue weighted by molar-refractivity contribution is 0.0509. The molecule has 0 aromatic heterocycles. The zero-order chi connectivity index (χ0) is 20.7. The second-order valence-electron chi connectivity index (χ2n) is 8.06. The van der Waals surface area contributed by atoms with Crippen molar-refractivity contribution in [3.05, 3.63) is 28.2 Å². The first kappa shape index (κ1) is 22.9. The van der Waals surface area contributed by atoms with Crippen LogP contribution in [-0.2, 0) is 11.3 Å². The normalized spacial score (nSPS) is 16.2. The van der Waals surface area contributed by atoms with Crippen LogP contribution in [-0.4, -0.2) is 49.3 Å². The van der Waals surface area contributed by atoms with E-state index in [1.54, 1.807) is 12.1 Å². The zero-order valence-corrected chi connectivity index (χ0v) is 18.2. The minimum absolute atomic E-state index is 0.384. The van der Waals surface area contributed by atoms with Gasteiger partial charge in [0, 0.05) is 23.1 Å². The molecule has 0 aliphatic carbocycles. The Balaban J connectivity index is 1.81. The van der Waals surface area contributed by atoms with Crippen LogP contribution in [0.2, 0.25) is 0 Å². The summed E-state index contributed by atoms with van der Waals surface area (Å²) in [5.74, 6) is 0.901. The number of halogens is 3. The molecule has 1 saturated heterocycles. The van der Waals surface area contributed by atoms with Crippen molar-refractivity contribution in [2.45, 2.75) is 52.2 Å². The third-order valence-electron chi connectivity index (χ3n) is 4.42. The summed E-state index contributed by atoms with van der Waals surface area (Å²) in [6.07, 6.45) is -0.969. The molecule has 1 N–H and O–H groups in total. The summed E-state index contributed by atoms with van der Waals surface area (Å²) in [5, 5.41) is 2.84. The van der Waals surface area contributed by atoms with E-state index in [0.29, 0.717) is 24.8 Å². The van der Waals surface area contributed by atoms with Crippen molar-refractivity contribution in [3.8, 4) is 5.75 Å². The molecule has 1 aliphatic heterocycles. The van der Waals surface area contributed by atoms with Crippen molar-refractivity contribution in [2.24, 2.45) is 5.92 Å². The maximum absolute atomic E-state index is 12.5. The number of benzene rings is 1. The number of piperidine rings is 1. The SMILES string of the molecule is CC(C)(C)OC(=O)NCC1CCN(Cc2cc(Br)ccc2OCC(F)F)CC1. The summed E-state index contributed by atoms with van der Waals surface area (Å²) in [4.78, 5) is 14.0. The van der Waals surface area contributed by atoms with Crippen LogP contribution in [0, 0.1) is 5.92 Å². The second-order valence-corrected chi connectivity index (χ2v) is 8.97. The molecule has 28 heavy (non-hydrogen) atoms. The van der Waals surface area contributed by atoms with Crippen molar-refractivity contribution in [1.29, 1.82) is 0 Å². The van der Waals surface area contributed by atoms with E-state index in [0.717, 1.165) is 36.0 Å². The van der Waals surface area contributed by atoms with Crippen LogP contribution in [0.15, 0.2) is 22.7 Å². The third kappa shape index (κ3) is 8.31. The number of carbonyl (C=O) groups is 1. The van der Waals surface area contributed by atoms with Gasteiger partial charge in [-0.15, -0.1) is 0 Å². The van der Waals surface area contributed by atoms with Crippen molar-refractivity contribution >= 4 is 22.0 Å². The van der Waals surface area contributed by atoms with Gasteiger partial charge in [0.25, 0.3) is 6.43 Å². The van der Waals surface area contributed by atoms with E-state index in [4.69, 9.17) is 9.47 Å². The fourth-order valence-corrected chi connectivity index (χ4v) is 3.51. The highest BCUT2D eigenvalue weighted by molar-refractivity contribution is 9.10. The first-order valence-electron chi connectivity index (χ1n) is 9.51. The van der Waals surface area contributed by atoms with E-state index >= 15 is 0 Å². The molecule has 2 rings (SSSR count). The zero-order valence-electron chi connectivity index (χ0n) is 16.6. The van der Waals surface area contributed by atoms with Crippen LogP contribution in [0.5, 0.6) is 5.75 Å². The van der Waals surface area contributed by atoms with Crippen LogP contribution in [0.4, 0.5) is 13.6 Å². The maximum Gasteiger partial charge on any atom is 0.407 e. The highest BCUT2D eigenvalue weighted by atomic mass is 79.9. The number of likely N-dealkylation sites (tertiary alicyclic amines) is 1. The van der Waals surface area contributed by atoms with Crippen LogP contribution in [0.3, 0.4) is 0 Å². The van der Waals surface area contributed by atoms with Gasteiger partial charge >= 0.3 is 6.09 Å². The summed E-state index contributed by atoms with van der Waals surface area (Å²) in [7, 11) is 0. The molecule has 0 bridgehead atoms. The van der Waals surface area contributed by atoms with Crippen molar-refractivity contribution in [2.75, 3.05) is 26.2 Å². The molecule has 5 nitrogen and oxygen atoms in total. The first-order chi connectivity index (χ1) is 13.1. The lowest BCUT2D eigenvalue weighted by Crippen LogP contribution is -2.40. The number of ether oxygens (including phenoxy) is 2. The summed E-state index contributed by atoms with van der Waals surface area (Å²) >= 11 is 3.43. The van der Waals surface area contributed by atoms with E-state index in [9.17, 15) is 13.6 Å². The molecule has 1 heterocycles. The number of carbonyl (C=O) groups excluding carboxylic acids is 1. The summed E-state index contributed by atoms with van der Waals surface area (Å²) in [6.45, 7) is 7.91. The Morgan fingerprint density at radius 3 is 2.61 bits per heavy atom. The van der Waals surface area contributed by atoms with E-state index in [1.807, 2.05) is 26.8 Å². The minimum Gasteiger partial charge on any atom is -0.487 e. The number of nitrogens with one attached hydrogen (secondary N) is 1. The molecule has 1 aliphatic rings. The van der Waals surface area contributed by atoms with Crippen molar-refractivity contribution < 1.29 is 23.0 Å². The topological polar surface area (TPSA) is 50.8 Å². The Hall–Kier alpha value is -1.41. The van der Waals surface area contributed by atoms with Gasteiger partial charge in [0.05, 0.1) is 0 Å². The number of rotatable bonds is 7. The predicted molar refractivity (Wildman–Crippen MR) is 108 cm³/mol. The average molecular weight is 463 g/mol. The lowest BCUT2D eigenvalue weighted by atomic mass is 9.96. The van der Waals surface area contributed by atoms with Crippen molar-refractivity contribution in [1.82, 2.24) is 10.2 Å². The number of hydrogen-bond donors (Lipinski definition) is 1. The van der Waals surface area contributed by atoms with E-state index in [1.165, 1.54) is 0 Å². The summed E-state index contributed by atoms with van der Waals surface area (Å²) in [6, 6.07) is 5.43. The quantitative estimate of drug-likeness (QED) is 0.630. The summed E-state index contributed by atoms with van der Waals surface area (Å²) < 4.78 is 36.4. The van der Waals surface area contributed by atoms with Gasteiger partial charge in [0.2, 0.25) is 0 Å². The van der Waals surface area contributed by atoms with E-state index in [2.05, 4.69) is 26.1 Å². The van der Waals surface area contributed by atoms with Gasteiger partial charge in [-0.2, -0.15) is 0 Å². The van der Waals surface area contributed by atoms with Gasteiger partial charge in [0.15, 0.2) is 0 Å². The molecular weight excluding hydrogens is 434 g/mol. The monoisotopic (exact) mass is 462 g/mol. The van der Waals surface area contributed by atoms with Crippen LogP contribution in [0.25, 0.3) is 0 Å². The molecular formula is C20H29BrF2N2O3. The molecule has 158 valence electrons. The number of nitrogens with zero attached hydrogens (tertiary/aromatic N) is 1. The Morgan fingerprint density at radius 1 is 1.32 bits per heavy atom. The Morgan fingerprint density at radius 2 is 2.00 bits per heavy atom. The molecule has 1 aromatic rings. The van der Waals surface area contributed by atoms with Gasteiger partial charge in [-0.3, -0.25) is 4.90 Å². The van der Waals surface area contributed by atoms with Crippen LogP contribution >= 0.6 is 15.9 Å². The molecule has 0 atom stereocenters. The smallest absolute Gasteiger partial charge is 0.407 e. The molecule has 0 radical (unpaired) electrons. The van der Waals surface area contributed by atoms with Crippen molar-refractivity contribution in [3.63, 3.8) is 0 Å². The Labute approximate surface area is 173 Å². The molecule has 0 spiro atoms. The highest BCUT2D eigenvalue weighted by Gasteiger charge is 2.22.